The maximum absolute atomic E-state index is 6.27. The molecule has 1 aliphatic carbocycles. The lowest BCUT2D eigenvalue weighted by Crippen LogP contribution is -2.32. The summed E-state index contributed by atoms with van der Waals surface area (Å²) in [5, 5.41) is 11.2. The van der Waals surface area contributed by atoms with Crippen LogP contribution in [0.25, 0.3) is 72.7 Å². The van der Waals surface area contributed by atoms with Gasteiger partial charge in [0.05, 0.1) is 5.69 Å². The largest absolute Gasteiger partial charge is 0.456 e. The first-order valence-electron chi connectivity index (χ1n) is 20.8. The molecule has 9 heteroatoms. The van der Waals surface area contributed by atoms with Crippen molar-refractivity contribution in [2.45, 2.75) is 19.8 Å². The van der Waals surface area contributed by atoms with Gasteiger partial charge < -0.3 is 9.32 Å². The van der Waals surface area contributed by atoms with E-state index in [-0.39, 0.29) is 0 Å². The maximum Gasteiger partial charge on any atom is 0.169 e. The average Bonchev–Trinajstić information content (AvgIpc) is 4.07. The van der Waals surface area contributed by atoms with Gasteiger partial charge in [0.15, 0.2) is 5.82 Å². The Morgan fingerprint density at radius 2 is 1.35 bits per heavy atom. The molecule has 9 nitrogen and oxygen atoms in total. The molecule has 0 fully saturated rings. The normalized spacial score (nSPS) is 12.2. The lowest BCUT2D eigenvalue weighted by molar-refractivity contribution is 0.669. The molecule has 1 aliphatic rings. The van der Waals surface area contributed by atoms with E-state index >= 15 is 0 Å². The molecule has 5 heterocycles. The van der Waals surface area contributed by atoms with Crippen molar-refractivity contribution < 1.29 is 4.42 Å². The van der Waals surface area contributed by atoms with Gasteiger partial charge in [-0.2, -0.15) is 0 Å². The standard InChI is InChI=1S/C53H40N8O/c1-3-60(50-11-5-8-22-56-50)52(54-2)41-28-40(29-42(30-41)53-59-58-33-61(53)51-12-6-9-23-57-51)36-16-17-38-27-37-15-13-34(25-43(37)44(38)31-36)24-35-14-19-48-45(26-35)46-32-39(18-20-49(46)62-48)47-10-4-7-21-55-47/h4-23,25-26,28-33H,3,24,27H2,1-2H3. The van der Waals surface area contributed by atoms with Crippen LogP contribution in [-0.2, 0) is 12.8 Å². The zero-order valence-electron chi connectivity index (χ0n) is 34.3. The number of rotatable bonds is 9. The van der Waals surface area contributed by atoms with Crippen molar-refractivity contribution >= 4 is 33.6 Å². The number of hydrogen-bond donors (Lipinski definition) is 0. The third-order valence-corrected chi connectivity index (χ3v) is 11.8. The fraction of sp³-hybridized carbons (Fsp3) is 0.0943. The Morgan fingerprint density at radius 3 is 2.13 bits per heavy atom. The number of hydrogen-bond acceptors (Lipinski definition) is 7. The van der Waals surface area contributed by atoms with Crippen LogP contribution in [0.5, 0.6) is 0 Å². The molecule has 0 N–H and O–H groups in total. The van der Waals surface area contributed by atoms with Crippen molar-refractivity contribution in [3.63, 3.8) is 0 Å². The molecule has 0 amide bonds. The number of aliphatic imine (C=N–C) groups is 1. The summed E-state index contributed by atoms with van der Waals surface area (Å²) < 4.78 is 8.20. The second-order valence-corrected chi connectivity index (χ2v) is 15.6. The van der Waals surface area contributed by atoms with E-state index in [1.807, 2.05) is 78.6 Å². The first kappa shape index (κ1) is 37.0. The van der Waals surface area contributed by atoms with Crippen molar-refractivity contribution in [1.29, 1.82) is 0 Å². The highest BCUT2D eigenvalue weighted by Crippen LogP contribution is 2.41. The Hall–Kier alpha value is -8.04. The summed E-state index contributed by atoms with van der Waals surface area (Å²) in [5.41, 5.74) is 15.5. The van der Waals surface area contributed by atoms with Crippen LogP contribution in [-0.4, -0.2) is 49.1 Å². The van der Waals surface area contributed by atoms with Crippen molar-refractivity contribution in [3.8, 4) is 50.7 Å². The predicted octanol–water partition coefficient (Wildman–Crippen LogP) is 11.4. The molecule has 62 heavy (non-hydrogen) atoms. The number of aromatic nitrogens is 6. The summed E-state index contributed by atoms with van der Waals surface area (Å²) in [4.78, 5) is 20.9. The van der Waals surface area contributed by atoms with Crippen LogP contribution < -0.4 is 4.90 Å². The van der Waals surface area contributed by atoms with E-state index in [1.165, 1.54) is 33.4 Å². The van der Waals surface area contributed by atoms with E-state index in [2.05, 4.69) is 128 Å². The Balaban J connectivity index is 0.967. The number of pyridine rings is 3. The molecule has 0 saturated heterocycles. The smallest absolute Gasteiger partial charge is 0.169 e. The molecule has 5 aromatic carbocycles. The number of anilines is 1. The number of furan rings is 1. The van der Waals surface area contributed by atoms with Crippen LogP contribution in [0.4, 0.5) is 5.82 Å². The van der Waals surface area contributed by atoms with Gasteiger partial charge in [0, 0.05) is 59.6 Å². The van der Waals surface area contributed by atoms with E-state index in [4.69, 9.17) is 9.41 Å². The highest BCUT2D eigenvalue weighted by Gasteiger charge is 2.23. The van der Waals surface area contributed by atoms with Crippen LogP contribution >= 0.6 is 0 Å². The van der Waals surface area contributed by atoms with Gasteiger partial charge in [-0.15, -0.1) is 10.2 Å². The first-order chi connectivity index (χ1) is 30.6. The SMILES string of the molecule is CCN(C(=NC)c1cc(-c2ccc3c(c2)-c2cc(Cc4ccc5oc6ccc(-c7ccccn7)cc6c5c4)ccc2C3)cc(-c2nncn2-c2ccccn2)c1)c1ccccn1. The molecule has 10 aromatic rings. The molecule has 0 radical (unpaired) electrons. The third-order valence-electron chi connectivity index (χ3n) is 11.8. The molecular formula is C53H40N8O. The Morgan fingerprint density at radius 1 is 0.645 bits per heavy atom. The van der Waals surface area contributed by atoms with Crippen LogP contribution in [0, 0.1) is 0 Å². The minimum Gasteiger partial charge on any atom is -0.456 e. The predicted molar refractivity (Wildman–Crippen MR) is 248 cm³/mol. The van der Waals surface area contributed by atoms with Crippen LogP contribution in [0.2, 0.25) is 0 Å². The van der Waals surface area contributed by atoms with Crippen molar-refractivity contribution in [1.82, 2.24) is 29.7 Å². The summed E-state index contributed by atoms with van der Waals surface area (Å²) in [6, 6.07) is 51.1. The zero-order chi connectivity index (χ0) is 41.6. The van der Waals surface area contributed by atoms with Gasteiger partial charge in [-0.25, -0.2) is 9.97 Å². The fourth-order valence-corrected chi connectivity index (χ4v) is 8.86. The van der Waals surface area contributed by atoms with Crippen LogP contribution in [0.3, 0.4) is 0 Å². The van der Waals surface area contributed by atoms with E-state index in [1.54, 1.807) is 12.5 Å². The van der Waals surface area contributed by atoms with Gasteiger partial charge in [-0.05, 0) is 155 Å². The van der Waals surface area contributed by atoms with E-state index < -0.39 is 0 Å². The van der Waals surface area contributed by atoms with Gasteiger partial charge in [-0.1, -0.05) is 54.6 Å². The van der Waals surface area contributed by atoms with Gasteiger partial charge in [0.25, 0.3) is 0 Å². The van der Waals surface area contributed by atoms with Crippen molar-refractivity contribution in [2.24, 2.45) is 4.99 Å². The van der Waals surface area contributed by atoms with Crippen LogP contribution in [0.1, 0.15) is 34.7 Å². The van der Waals surface area contributed by atoms with Crippen LogP contribution in [0.15, 0.2) is 180 Å². The van der Waals surface area contributed by atoms with Gasteiger partial charge in [-0.3, -0.25) is 14.5 Å². The summed E-state index contributed by atoms with van der Waals surface area (Å²) in [7, 11) is 1.84. The van der Waals surface area contributed by atoms with Gasteiger partial charge in [0.1, 0.15) is 35.0 Å². The minimum absolute atomic E-state index is 0.685. The lowest BCUT2D eigenvalue weighted by atomic mass is 9.94. The number of nitrogens with zero attached hydrogens (tertiary/aromatic N) is 8. The molecule has 0 bridgehead atoms. The van der Waals surface area contributed by atoms with E-state index in [0.717, 1.165) is 85.8 Å². The number of benzene rings is 5. The average molecular weight is 805 g/mol. The topological polar surface area (TPSA) is 98.1 Å². The second kappa shape index (κ2) is 15.5. The quantitative estimate of drug-likeness (QED) is 0.106. The number of amidine groups is 1. The third kappa shape index (κ3) is 6.70. The van der Waals surface area contributed by atoms with Crippen molar-refractivity contribution in [3.05, 3.63) is 198 Å². The second-order valence-electron chi connectivity index (χ2n) is 15.6. The molecule has 0 atom stereocenters. The first-order valence-corrected chi connectivity index (χ1v) is 20.8. The summed E-state index contributed by atoms with van der Waals surface area (Å²) in [6.07, 6.45) is 8.84. The van der Waals surface area contributed by atoms with E-state index in [9.17, 15) is 0 Å². The monoisotopic (exact) mass is 804 g/mol. The Bertz CT molecular complexity index is 3300. The molecule has 0 saturated carbocycles. The van der Waals surface area contributed by atoms with Gasteiger partial charge in [0.2, 0.25) is 0 Å². The fourth-order valence-electron chi connectivity index (χ4n) is 8.86. The molecule has 5 aromatic heterocycles. The number of fused-ring (bicyclic) bond motifs is 6. The highest BCUT2D eigenvalue weighted by atomic mass is 16.3. The highest BCUT2D eigenvalue weighted by molar-refractivity contribution is 6.11. The maximum atomic E-state index is 6.27. The van der Waals surface area contributed by atoms with E-state index in [0.29, 0.717) is 12.4 Å². The summed E-state index contributed by atoms with van der Waals surface area (Å²) in [6.45, 7) is 2.80. The molecular weight excluding hydrogens is 765 g/mol. The minimum atomic E-state index is 0.685. The van der Waals surface area contributed by atoms with Gasteiger partial charge >= 0.3 is 0 Å². The molecule has 11 rings (SSSR count). The molecule has 298 valence electrons. The Kier molecular flexibility index (Phi) is 9.27. The van der Waals surface area contributed by atoms with Crippen molar-refractivity contribution in [2.75, 3.05) is 18.5 Å². The molecule has 0 unspecified atom stereocenters. The molecule has 0 spiro atoms. The lowest BCUT2D eigenvalue weighted by Gasteiger charge is -2.24. The zero-order valence-corrected chi connectivity index (χ0v) is 34.3. The Labute approximate surface area is 358 Å². The molecule has 0 aliphatic heterocycles. The summed E-state index contributed by atoms with van der Waals surface area (Å²) >= 11 is 0. The summed E-state index contributed by atoms with van der Waals surface area (Å²) in [5.74, 6) is 3.07.